The first-order chi connectivity index (χ1) is 12.8. The molecule has 0 radical (unpaired) electrons. The van der Waals surface area contributed by atoms with Crippen LogP contribution in [0.2, 0.25) is 5.28 Å². The second kappa shape index (κ2) is 7.75. The summed E-state index contributed by atoms with van der Waals surface area (Å²) in [7, 11) is 0. The van der Waals surface area contributed by atoms with E-state index in [0.29, 0.717) is 5.69 Å². The number of anilines is 2. The number of aromatic nitrogens is 4. The van der Waals surface area contributed by atoms with Crippen LogP contribution in [-0.2, 0) is 9.47 Å². The van der Waals surface area contributed by atoms with Gasteiger partial charge in [0, 0.05) is 18.3 Å². The zero-order valence-corrected chi connectivity index (χ0v) is 17.7. The van der Waals surface area contributed by atoms with Crippen molar-refractivity contribution in [3.8, 4) is 0 Å². The lowest BCUT2D eigenvalue weighted by Crippen LogP contribution is -2.35. The minimum Gasteiger partial charge on any atom is -0.443 e. The Labute approximate surface area is 168 Å². The second-order valence-corrected chi connectivity index (χ2v) is 8.37. The second-order valence-electron chi connectivity index (χ2n) is 8.04. The molecule has 0 saturated carbocycles. The fourth-order valence-electron chi connectivity index (χ4n) is 2.12. The van der Waals surface area contributed by atoms with E-state index >= 15 is 0 Å². The highest BCUT2D eigenvalue weighted by molar-refractivity contribution is 6.28. The molecule has 10 heteroatoms. The van der Waals surface area contributed by atoms with Gasteiger partial charge < -0.3 is 9.47 Å². The Hall–Kier alpha value is -2.68. The summed E-state index contributed by atoms with van der Waals surface area (Å²) in [4.78, 5) is 34.2. The molecule has 0 aromatic carbocycles. The van der Waals surface area contributed by atoms with Crippen LogP contribution in [0.3, 0.4) is 0 Å². The third-order valence-corrected chi connectivity index (χ3v) is 3.27. The van der Waals surface area contributed by atoms with E-state index in [0.717, 1.165) is 9.58 Å². The fourth-order valence-corrected chi connectivity index (χ4v) is 2.26. The molecule has 0 N–H and O–H groups in total. The van der Waals surface area contributed by atoms with Crippen molar-refractivity contribution in [2.45, 2.75) is 59.7 Å². The van der Waals surface area contributed by atoms with Crippen LogP contribution in [0.5, 0.6) is 0 Å². The Kier molecular flexibility index (Phi) is 5.98. The molecule has 0 fully saturated rings. The van der Waals surface area contributed by atoms with Crippen LogP contribution in [0.15, 0.2) is 18.3 Å². The lowest BCUT2D eigenvalue weighted by Gasteiger charge is -2.25. The number of hydrogen-bond acceptors (Lipinski definition) is 7. The summed E-state index contributed by atoms with van der Waals surface area (Å²) in [5.41, 5.74) is -0.978. The maximum absolute atomic E-state index is 12.8. The quantitative estimate of drug-likeness (QED) is 0.673. The Morgan fingerprint density at radius 3 is 2.21 bits per heavy atom. The minimum absolute atomic E-state index is 0.0469. The lowest BCUT2D eigenvalue weighted by atomic mass is 10.2. The first-order valence-electron chi connectivity index (χ1n) is 8.58. The molecule has 2 aromatic heterocycles. The third-order valence-electron chi connectivity index (χ3n) is 3.09. The van der Waals surface area contributed by atoms with Crippen LogP contribution >= 0.6 is 11.6 Å². The maximum Gasteiger partial charge on any atom is 0.435 e. The van der Waals surface area contributed by atoms with Gasteiger partial charge in [-0.05, 0) is 60.1 Å². The molecule has 2 heterocycles. The topological polar surface area (TPSA) is 99.4 Å². The van der Waals surface area contributed by atoms with Gasteiger partial charge in [-0.25, -0.2) is 19.5 Å². The largest absolute Gasteiger partial charge is 0.443 e. The molecule has 2 rings (SSSR count). The van der Waals surface area contributed by atoms with E-state index in [9.17, 15) is 9.59 Å². The Bertz CT molecular complexity index is 883. The average molecular weight is 410 g/mol. The fraction of sp³-hybridized carbons (Fsp3) is 0.500. The highest BCUT2D eigenvalue weighted by Gasteiger charge is 2.30. The van der Waals surface area contributed by atoms with E-state index in [-0.39, 0.29) is 16.9 Å². The molecule has 0 aliphatic heterocycles. The van der Waals surface area contributed by atoms with Crippen molar-refractivity contribution in [3.05, 3.63) is 29.3 Å². The number of rotatable bonds is 2. The third kappa shape index (κ3) is 5.66. The van der Waals surface area contributed by atoms with Crippen molar-refractivity contribution >= 4 is 35.4 Å². The van der Waals surface area contributed by atoms with Crippen molar-refractivity contribution in [1.82, 2.24) is 19.7 Å². The average Bonchev–Trinajstić information content (AvgIpc) is 2.85. The van der Waals surface area contributed by atoms with Gasteiger partial charge in [0.15, 0.2) is 5.82 Å². The summed E-state index contributed by atoms with van der Waals surface area (Å²) in [5.74, 6) is 0.287. The summed E-state index contributed by atoms with van der Waals surface area (Å²) in [5, 5.41) is 4.17. The highest BCUT2D eigenvalue weighted by Crippen LogP contribution is 2.27. The normalized spacial score (nSPS) is 11.9. The minimum atomic E-state index is -0.755. The van der Waals surface area contributed by atoms with E-state index in [4.69, 9.17) is 21.1 Å². The Balaban J connectivity index is 2.48. The van der Waals surface area contributed by atoms with Gasteiger partial charge in [0.1, 0.15) is 17.0 Å². The van der Waals surface area contributed by atoms with E-state index < -0.39 is 23.4 Å². The number of nitrogens with zero attached hydrogens (tertiary/aromatic N) is 5. The van der Waals surface area contributed by atoms with Crippen LogP contribution in [-0.4, -0.2) is 43.1 Å². The first-order valence-corrected chi connectivity index (χ1v) is 8.96. The molecule has 1 amide bonds. The summed E-state index contributed by atoms with van der Waals surface area (Å²) in [6.45, 7) is 12.1. The first kappa shape index (κ1) is 21.6. The molecule has 2 aromatic rings. The predicted molar refractivity (Wildman–Crippen MR) is 104 cm³/mol. The zero-order valence-electron chi connectivity index (χ0n) is 17.0. The number of carbonyl (C=O) groups excluding carboxylic acids is 2. The molecule has 0 saturated heterocycles. The van der Waals surface area contributed by atoms with Gasteiger partial charge in [-0.1, -0.05) is 0 Å². The van der Waals surface area contributed by atoms with Gasteiger partial charge in [-0.3, -0.25) is 0 Å². The van der Waals surface area contributed by atoms with Crippen molar-refractivity contribution in [3.63, 3.8) is 0 Å². The highest BCUT2D eigenvalue weighted by atomic mass is 35.5. The number of ether oxygens (including phenoxy) is 2. The van der Waals surface area contributed by atoms with Crippen LogP contribution < -0.4 is 4.90 Å². The molecule has 0 unspecified atom stereocenters. The standard InChI is InChI=1S/C18H24ClN5O4/c1-11-10-13(22-24(11)16(26)28-18(5,6)7)23(15(25)27-17(2,3)4)12-8-9-20-14(19)21-12/h8-10H,1-7H3. The van der Waals surface area contributed by atoms with Gasteiger partial charge in [-0.2, -0.15) is 9.67 Å². The Morgan fingerprint density at radius 2 is 1.68 bits per heavy atom. The van der Waals surface area contributed by atoms with Gasteiger partial charge in [-0.15, -0.1) is 5.10 Å². The van der Waals surface area contributed by atoms with Crippen LogP contribution in [0.4, 0.5) is 21.2 Å². The Morgan fingerprint density at radius 1 is 1.07 bits per heavy atom. The number of amides is 1. The number of carbonyl (C=O) groups is 2. The molecular formula is C18H24ClN5O4. The molecule has 9 nitrogen and oxygen atoms in total. The van der Waals surface area contributed by atoms with Crippen LogP contribution in [0.1, 0.15) is 47.2 Å². The predicted octanol–water partition coefficient (Wildman–Crippen LogP) is 4.49. The lowest BCUT2D eigenvalue weighted by molar-refractivity contribution is 0.0506. The maximum atomic E-state index is 12.8. The van der Waals surface area contributed by atoms with Gasteiger partial charge in [0.2, 0.25) is 5.28 Å². The van der Waals surface area contributed by atoms with E-state index in [2.05, 4.69) is 15.1 Å². The molecule has 0 spiro atoms. The molecule has 152 valence electrons. The summed E-state index contributed by atoms with van der Waals surface area (Å²) in [6, 6.07) is 3.03. The summed E-state index contributed by atoms with van der Waals surface area (Å²) in [6.07, 6.45) is 0.0111. The smallest absolute Gasteiger partial charge is 0.435 e. The molecule has 0 bridgehead atoms. The number of hydrogen-bond donors (Lipinski definition) is 0. The monoisotopic (exact) mass is 409 g/mol. The van der Waals surface area contributed by atoms with Crippen molar-refractivity contribution < 1.29 is 19.1 Å². The molecule has 0 aliphatic carbocycles. The zero-order chi connectivity index (χ0) is 21.3. The molecule has 28 heavy (non-hydrogen) atoms. The van der Waals surface area contributed by atoms with Crippen LogP contribution in [0.25, 0.3) is 0 Å². The summed E-state index contributed by atoms with van der Waals surface area (Å²) >= 11 is 5.87. The molecule has 0 atom stereocenters. The van der Waals surface area contributed by atoms with Crippen molar-refractivity contribution in [1.29, 1.82) is 0 Å². The van der Waals surface area contributed by atoms with Gasteiger partial charge in [0.05, 0.1) is 5.69 Å². The van der Waals surface area contributed by atoms with Gasteiger partial charge in [0.25, 0.3) is 0 Å². The van der Waals surface area contributed by atoms with E-state index in [1.807, 2.05) is 0 Å². The van der Waals surface area contributed by atoms with E-state index in [1.165, 1.54) is 12.3 Å². The SMILES string of the molecule is Cc1cc(N(C(=O)OC(C)(C)C)c2ccnc(Cl)n2)nn1C(=O)OC(C)(C)C. The summed E-state index contributed by atoms with van der Waals surface area (Å²) < 4.78 is 11.9. The van der Waals surface area contributed by atoms with Crippen molar-refractivity contribution in [2.24, 2.45) is 0 Å². The number of halogens is 1. The number of aryl methyl sites for hydroxylation is 1. The van der Waals surface area contributed by atoms with Gasteiger partial charge >= 0.3 is 12.2 Å². The molecule has 0 aliphatic rings. The van der Waals surface area contributed by atoms with Crippen molar-refractivity contribution in [2.75, 3.05) is 4.90 Å². The molecular weight excluding hydrogens is 386 g/mol. The van der Waals surface area contributed by atoms with Crippen LogP contribution in [0, 0.1) is 6.92 Å². The van der Waals surface area contributed by atoms with E-state index in [1.54, 1.807) is 54.5 Å².